The van der Waals surface area contributed by atoms with Gasteiger partial charge in [0.2, 0.25) is 0 Å². The molecular formula is C14H23N3O2. The van der Waals surface area contributed by atoms with Crippen molar-refractivity contribution in [3.63, 3.8) is 0 Å². The van der Waals surface area contributed by atoms with Gasteiger partial charge in [0, 0.05) is 31.8 Å². The van der Waals surface area contributed by atoms with Crippen molar-refractivity contribution in [3.8, 4) is 0 Å². The van der Waals surface area contributed by atoms with Crippen LogP contribution in [-0.4, -0.2) is 37.3 Å². The third-order valence-electron chi connectivity index (χ3n) is 2.94. The lowest BCUT2D eigenvalue weighted by Gasteiger charge is -2.24. The van der Waals surface area contributed by atoms with E-state index >= 15 is 0 Å². The molecule has 0 aliphatic heterocycles. The average molecular weight is 265 g/mol. The van der Waals surface area contributed by atoms with Crippen LogP contribution in [0.1, 0.15) is 30.6 Å². The van der Waals surface area contributed by atoms with Gasteiger partial charge in [-0.1, -0.05) is 0 Å². The van der Waals surface area contributed by atoms with Crippen LogP contribution in [0.2, 0.25) is 0 Å². The summed E-state index contributed by atoms with van der Waals surface area (Å²) in [7, 11) is 0. The number of nitrogens with zero attached hydrogens (tertiary/aromatic N) is 1. The van der Waals surface area contributed by atoms with Crippen LogP contribution in [0.25, 0.3) is 0 Å². The van der Waals surface area contributed by atoms with Crippen molar-refractivity contribution in [1.82, 2.24) is 5.32 Å². The number of anilines is 2. The monoisotopic (exact) mass is 265 g/mol. The third kappa shape index (κ3) is 4.13. The van der Waals surface area contributed by atoms with Crippen molar-refractivity contribution < 1.29 is 9.90 Å². The number of benzene rings is 1. The Balaban J connectivity index is 2.97. The molecule has 1 aromatic carbocycles. The van der Waals surface area contributed by atoms with Gasteiger partial charge in [0.15, 0.2) is 0 Å². The Morgan fingerprint density at radius 3 is 2.74 bits per heavy atom. The molecule has 0 aromatic heterocycles. The van der Waals surface area contributed by atoms with Gasteiger partial charge in [0.25, 0.3) is 5.91 Å². The summed E-state index contributed by atoms with van der Waals surface area (Å²) >= 11 is 0. The molecule has 5 nitrogen and oxygen atoms in total. The second kappa shape index (κ2) is 7.63. The second-order valence-electron chi connectivity index (χ2n) is 4.29. The quantitative estimate of drug-likeness (QED) is 0.648. The number of nitrogen functional groups attached to an aromatic ring is 1. The summed E-state index contributed by atoms with van der Waals surface area (Å²) in [5.74, 6) is -0.0954. The first-order valence-electron chi connectivity index (χ1n) is 6.67. The second-order valence-corrected chi connectivity index (χ2v) is 4.29. The van der Waals surface area contributed by atoms with Crippen LogP contribution >= 0.6 is 0 Å². The zero-order valence-corrected chi connectivity index (χ0v) is 11.6. The number of nitrogens with one attached hydrogen (secondary N) is 1. The summed E-state index contributed by atoms with van der Waals surface area (Å²) in [5, 5.41) is 11.7. The average Bonchev–Trinajstić information content (AvgIpc) is 2.41. The molecule has 0 bridgehead atoms. The van der Waals surface area contributed by atoms with Gasteiger partial charge in [0.05, 0.1) is 11.4 Å². The lowest BCUT2D eigenvalue weighted by Crippen LogP contribution is -2.27. The molecular weight excluding hydrogens is 242 g/mol. The Morgan fingerprint density at radius 2 is 2.16 bits per heavy atom. The molecule has 0 radical (unpaired) electrons. The van der Waals surface area contributed by atoms with Crippen molar-refractivity contribution in [1.29, 1.82) is 0 Å². The highest BCUT2D eigenvalue weighted by molar-refractivity contribution is 5.96. The Hall–Kier alpha value is -1.75. The topological polar surface area (TPSA) is 78.6 Å². The maximum absolute atomic E-state index is 11.8. The van der Waals surface area contributed by atoms with Gasteiger partial charge in [0.1, 0.15) is 0 Å². The first kappa shape index (κ1) is 15.3. The van der Waals surface area contributed by atoms with Crippen LogP contribution in [0.4, 0.5) is 11.4 Å². The van der Waals surface area contributed by atoms with Crippen LogP contribution in [0.15, 0.2) is 18.2 Å². The normalized spacial score (nSPS) is 10.3. The molecule has 0 spiro atoms. The maximum Gasteiger partial charge on any atom is 0.251 e. The fraction of sp³-hybridized carbons (Fsp3) is 0.500. The van der Waals surface area contributed by atoms with E-state index in [4.69, 9.17) is 10.8 Å². The highest BCUT2D eigenvalue weighted by Crippen LogP contribution is 2.24. The number of carbonyl (C=O) groups excluding carboxylic acids is 1. The molecule has 19 heavy (non-hydrogen) atoms. The first-order valence-corrected chi connectivity index (χ1v) is 6.67. The van der Waals surface area contributed by atoms with Gasteiger partial charge in [-0.15, -0.1) is 0 Å². The number of aliphatic hydroxyl groups excluding tert-OH is 1. The zero-order valence-electron chi connectivity index (χ0n) is 11.6. The van der Waals surface area contributed by atoms with E-state index in [1.54, 1.807) is 18.2 Å². The van der Waals surface area contributed by atoms with Crippen molar-refractivity contribution in [2.24, 2.45) is 0 Å². The van der Waals surface area contributed by atoms with E-state index in [1.165, 1.54) is 0 Å². The summed E-state index contributed by atoms with van der Waals surface area (Å²) < 4.78 is 0. The van der Waals surface area contributed by atoms with Crippen molar-refractivity contribution in [2.45, 2.75) is 20.3 Å². The number of hydrogen-bond acceptors (Lipinski definition) is 4. The minimum absolute atomic E-state index is 0.0954. The lowest BCUT2D eigenvalue weighted by atomic mass is 10.1. The van der Waals surface area contributed by atoms with E-state index in [9.17, 15) is 4.79 Å². The predicted molar refractivity (Wildman–Crippen MR) is 78.5 cm³/mol. The van der Waals surface area contributed by atoms with Crippen LogP contribution in [-0.2, 0) is 0 Å². The summed E-state index contributed by atoms with van der Waals surface area (Å²) in [4.78, 5) is 13.9. The minimum Gasteiger partial charge on any atom is -0.397 e. The molecule has 1 rings (SSSR count). The molecule has 0 fully saturated rings. The van der Waals surface area contributed by atoms with Crippen molar-refractivity contribution >= 4 is 17.3 Å². The summed E-state index contributed by atoms with van der Waals surface area (Å²) in [6.45, 7) is 6.15. The minimum atomic E-state index is -0.0954. The van der Waals surface area contributed by atoms with Gasteiger partial charge in [-0.05, 0) is 38.5 Å². The van der Waals surface area contributed by atoms with Crippen molar-refractivity contribution in [2.75, 3.05) is 36.9 Å². The Kier molecular flexibility index (Phi) is 6.15. The third-order valence-corrected chi connectivity index (χ3v) is 2.94. The number of rotatable bonds is 7. The van der Waals surface area contributed by atoms with E-state index < -0.39 is 0 Å². The molecule has 4 N–H and O–H groups in total. The van der Waals surface area contributed by atoms with Gasteiger partial charge < -0.3 is 21.1 Å². The highest BCUT2D eigenvalue weighted by Gasteiger charge is 2.12. The Labute approximate surface area is 114 Å². The first-order chi connectivity index (χ1) is 9.13. The molecule has 0 saturated carbocycles. The fourth-order valence-corrected chi connectivity index (χ4v) is 1.93. The molecule has 1 amide bonds. The lowest BCUT2D eigenvalue weighted by molar-refractivity contribution is 0.0956. The molecule has 0 aliphatic carbocycles. The number of aliphatic hydroxyl groups is 1. The van der Waals surface area contributed by atoms with Crippen LogP contribution in [0.5, 0.6) is 0 Å². The Morgan fingerprint density at radius 1 is 1.42 bits per heavy atom. The molecule has 0 unspecified atom stereocenters. The highest BCUT2D eigenvalue weighted by atomic mass is 16.3. The molecule has 0 atom stereocenters. The maximum atomic E-state index is 11.8. The van der Waals surface area contributed by atoms with Crippen molar-refractivity contribution in [3.05, 3.63) is 23.8 Å². The van der Waals surface area contributed by atoms with Gasteiger partial charge >= 0.3 is 0 Å². The molecule has 0 aliphatic rings. The molecule has 5 heteroatoms. The molecule has 0 saturated heterocycles. The van der Waals surface area contributed by atoms with E-state index in [1.807, 2.05) is 13.8 Å². The smallest absolute Gasteiger partial charge is 0.251 e. The van der Waals surface area contributed by atoms with Crippen LogP contribution in [0.3, 0.4) is 0 Å². The van der Waals surface area contributed by atoms with Gasteiger partial charge in [-0.3, -0.25) is 4.79 Å². The summed E-state index contributed by atoms with van der Waals surface area (Å²) in [5.41, 5.74) is 8.07. The fourth-order valence-electron chi connectivity index (χ4n) is 1.93. The van der Waals surface area contributed by atoms with Crippen LogP contribution < -0.4 is 16.0 Å². The number of hydrogen-bond donors (Lipinski definition) is 3. The molecule has 0 heterocycles. The number of amides is 1. The molecule has 1 aromatic rings. The van der Waals surface area contributed by atoms with E-state index in [0.717, 1.165) is 18.8 Å². The number of carbonyl (C=O) groups is 1. The standard InChI is InChI=1S/C14H23N3O2/c1-3-16-14(19)11-6-7-12(15)13(10-11)17(4-2)8-5-9-18/h6-7,10,18H,3-5,8-9,15H2,1-2H3,(H,16,19). The van der Waals surface area contributed by atoms with E-state index in [0.29, 0.717) is 24.2 Å². The number of nitrogens with two attached hydrogens (primary N) is 1. The predicted octanol–water partition coefficient (Wildman–Crippen LogP) is 1.23. The van der Waals surface area contributed by atoms with E-state index in [-0.39, 0.29) is 12.5 Å². The van der Waals surface area contributed by atoms with E-state index in [2.05, 4.69) is 10.2 Å². The van der Waals surface area contributed by atoms with Gasteiger partial charge in [-0.2, -0.15) is 0 Å². The van der Waals surface area contributed by atoms with Crippen LogP contribution in [0, 0.1) is 0 Å². The van der Waals surface area contributed by atoms with Gasteiger partial charge in [-0.25, -0.2) is 0 Å². The Bertz CT molecular complexity index is 421. The summed E-state index contributed by atoms with van der Waals surface area (Å²) in [6, 6.07) is 5.28. The summed E-state index contributed by atoms with van der Waals surface area (Å²) in [6.07, 6.45) is 0.679. The zero-order chi connectivity index (χ0) is 14.3. The molecule has 106 valence electrons. The largest absolute Gasteiger partial charge is 0.397 e. The SMILES string of the molecule is CCNC(=O)c1ccc(N)c(N(CC)CCCO)c1.